The van der Waals surface area contributed by atoms with Crippen molar-refractivity contribution >= 4 is 17.4 Å². The number of benzene rings is 2. The zero-order valence-electron chi connectivity index (χ0n) is 15.3. The van der Waals surface area contributed by atoms with Gasteiger partial charge in [0.05, 0.1) is 12.8 Å². The van der Waals surface area contributed by atoms with Crippen LogP contribution in [0.1, 0.15) is 29.6 Å². The first kappa shape index (κ1) is 19.1. The number of aromatic nitrogens is 2. The summed E-state index contributed by atoms with van der Waals surface area (Å²) < 4.78 is 10.6. The third kappa shape index (κ3) is 4.73. The van der Waals surface area contributed by atoms with Gasteiger partial charge in [-0.25, -0.2) is 4.79 Å². The van der Waals surface area contributed by atoms with Gasteiger partial charge >= 0.3 is 11.8 Å². The van der Waals surface area contributed by atoms with Gasteiger partial charge < -0.3 is 14.5 Å². The quantitative estimate of drug-likeness (QED) is 0.602. The Kier molecular flexibility index (Phi) is 6.01. The van der Waals surface area contributed by atoms with Crippen LogP contribution in [0.4, 0.5) is 5.69 Å². The highest BCUT2D eigenvalue weighted by molar-refractivity contribution is 5.96. The molecule has 2 aromatic carbocycles. The number of ether oxygens (including phenoxy) is 1. The van der Waals surface area contributed by atoms with Crippen molar-refractivity contribution in [2.45, 2.75) is 19.3 Å². The number of methoxy groups -OCH3 is 1. The van der Waals surface area contributed by atoms with Gasteiger partial charge in [0.2, 0.25) is 5.91 Å². The van der Waals surface area contributed by atoms with Crippen LogP contribution in [0.2, 0.25) is 0 Å². The van der Waals surface area contributed by atoms with Gasteiger partial charge in [-0.15, -0.1) is 0 Å². The van der Waals surface area contributed by atoms with E-state index in [-0.39, 0.29) is 24.2 Å². The second-order valence-corrected chi connectivity index (χ2v) is 5.99. The summed E-state index contributed by atoms with van der Waals surface area (Å²) in [4.78, 5) is 35.8. The minimum atomic E-state index is -0.670. The Labute approximate surface area is 160 Å². The van der Waals surface area contributed by atoms with Crippen LogP contribution in [0, 0.1) is 0 Å². The smallest absolute Gasteiger partial charge is 0.444 e. The van der Waals surface area contributed by atoms with Crippen LogP contribution in [-0.4, -0.2) is 28.6 Å². The highest BCUT2D eigenvalue weighted by Gasteiger charge is 2.11. The number of nitrogens with zero attached hydrogens (tertiary/aromatic N) is 2. The van der Waals surface area contributed by atoms with Gasteiger partial charge in [-0.2, -0.15) is 4.68 Å². The number of ketones is 1. The predicted molar refractivity (Wildman–Crippen MR) is 102 cm³/mol. The monoisotopic (exact) mass is 381 g/mol. The molecule has 28 heavy (non-hydrogen) atoms. The van der Waals surface area contributed by atoms with Crippen LogP contribution >= 0.6 is 0 Å². The molecule has 0 fully saturated rings. The highest BCUT2D eigenvalue weighted by Crippen LogP contribution is 2.14. The van der Waals surface area contributed by atoms with Crippen molar-refractivity contribution in [1.82, 2.24) is 9.78 Å². The van der Waals surface area contributed by atoms with Crippen molar-refractivity contribution in [3.8, 4) is 11.8 Å². The van der Waals surface area contributed by atoms with E-state index >= 15 is 0 Å². The summed E-state index contributed by atoms with van der Waals surface area (Å²) in [5.41, 5.74) is 1.70. The Morgan fingerprint density at radius 1 is 1.07 bits per heavy atom. The van der Waals surface area contributed by atoms with Crippen molar-refractivity contribution in [2.24, 2.45) is 0 Å². The molecule has 0 aliphatic carbocycles. The summed E-state index contributed by atoms with van der Waals surface area (Å²) in [6, 6.07) is 15.5. The SMILES string of the molecule is COc1nn(-c2ccc(NC(=O)CCCC(=O)c3ccccc3)cc2)c(=O)o1. The van der Waals surface area contributed by atoms with Crippen molar-refractivity contribution in [3.63, 3.8) is 0 Å². The van der Waals surface area contributed by atoms with E-state index in [4.69, 9.17) is 9.15 Å². The van der Waals surface area contributed by atoms with E-state index in [1.165, 1.54) is 7.11 Å². The lowest BCUT2D eigenvalue weighted by molar-refractivity contribution is -0.116. The number of nitrogens with one attached hydrogen (secondary N) is 1. The van der Waals surface area contributed by atoms with E-state index in [0.717, 1.165) is 4.68 Å². The van der Waals surface area contributed by atoms with Crippen molar-refractivity contribution in [2.75, 3.05) is 12.4 Å². The molecule has 1 aromatic heterocycles. The second-order valence-electron chi connectivity index (χ2n) is 5.99. The van der Waals surface area contributed by atoms with E-state index in [2.05, 4.69) is 10.4 Å². The number of hydrogen-bond acceptors (Lipinski definition) is 6. The van der Waals surface area contributed by atoms with E-state index in [0.29, 0.717) is 29.8 Å². The molecule has 144 valence electrons. The molecule has 3 rings (SSSR count). The number of carbonyl (C=O) groups is 2. The molecule has 0 unspecified atom stereocenters. The molecule has 1 amide bonds. The van der Waals surface area contributed by atoms with Crippen LogP contribution in [0.5, 0.6) is 6.08 Å². The standard InChI is InChI=1S/C20H19N3O5/c1-27-19-22-23(20(26)28-19)16-12-10-15(11-13-16)21-18(25)9-5-8-17(24)14-6-3-2-4-7-14/h2-4,6-7,10-13H,5,8-9H2,1H3,(H,21,25). The van der Waals surface area contributed by atoms with Crippen LogP contribution in [0.25, 0.3) is 5.69 Å². The third-order valence-corrected chi connectivity index (χ3v) is 4.00. The summed E-state index contributed by atoms with van der Waals surface area (Å²) in [7, 11) is 1.35. The molecule has 1 N–H and O–H groups in total. The van der Waals surface area contributed by atoms with Crippen LogP contribution < -0.4 is 15.8 Å². The molecule has 0 saturated carbocycles. The number of rotatable bonds is 8. The van der Waals surface area contributed by atoms with Crippen molar-refractivity contribution in [1.29, 1.82) is 0 Å². The molecular formula is C20H19N3O5. The minimum Gasteiger partial charge on any atom is -0.452 e. The Morgan fingerprint density at radius 2 is 1.79 bits per heavy atom. The van der Waals surface area contributed by atoms with Crippen LogP contribution in [-0.2, 0) is 4.79 Å². The fourth-order valence-corrected chi connectivity index (χ4v) is 2.59. The normalized spacial score (nSPS) is 10.5. The molecule has 8 heteroatoms. The highest BCUT2D eigenvalue weighted by atomic mass is 16.6. The molecule has 0 saturated heterocycles. The molecule has 0 atom stereocenters. The fourth-order valence-electron chi connectivity index (χ4n) is 2.59. The third-order valence-electron chi connectivity index (χ3n) is 4.00. The average Bonchev–Trinajstić information content (AvgIpc) is 3.10. The number of anilines is 1. The Morgan fingerprint density at radius 3 is 2.43 bits per heavy atom. The lowest BCUT2D eigenvalue weighted by Crippen LogP contribution is -2.14. The summed E-state index contributed by atoms with van der Waals surface area (Å²) in [5, 5.41) is 6.63. The van der Waals surface area contributed by atoms with Gasteiger partial charge in [-0.05, 0) is 30.7 Å². The van der Waals surface area contributed by atoms with E-state index in [9.17, 15) is 14.4 Å². The molecule has 0 aliphatic heterocycles. The molecule has 0 aliphatic rings. The van der Waals surface area contributed by atoms with Gasteiger partial charge in [0.15, 0.2) is 5.78 Å². The zero-order chi connectivity index (χ0) is 19.9. The maximum atomic E-state index is 12.1. The number of carbonyl (C=O) groups excluding carboxylic acids is 2. The van der Waals surface area contributed by atoms with Gasteiger partial charge in [0, 0.05) is 24.1 Å². The van der Waals surface area contributed by atoms with Crippen molar-refractivity contribution in [3.05, 3.63) is 70.7 Å². The number of amides is 1. The van der Waals surface area contributed by atoms with Gasteiger partial charge in [-0.3, -0.25) is 9.59 Å². The lowest BCUT2D eigenvalue weighted by atomic mass is 10.1. The molecule has 0 spiro atoms. The first-order valence-electron chi connectivity index (χ1n) is 8.69. The fraction of sp³-hybridized carbons (Fsp3) is 0.200. The molecule has 8 nitrogen and oxygen atoms in total. The minimum absolute atomic E-state index is 0.0197. The Bertz CT molecular complexity index is 1010. The van der Waals surface area contributed by atoms with Gasteiger partial charge in [0.1, 0.15) is 0 Å². The number of hydrogen-bond donors (Lipinski definition) is 1. The predicted octanol–water partition coefficient (Wildman–Crippen LogP) is 2.83. The molecule has 3 aromatic rings. The van der Waals surface area contributed by atoms with E-state index in [1.54, 1.807) is 36.4 Å². The van der Waals surface area contributed by atoms with Crippen LogP contribution in [0.15, 0.2) is 63.8 Å². The number of Topliss-reactive ketones (excluding diaryl/α,β-unsaturated/α-hetero) is 1. The summed E-state index contributed by atoms with van der Waals surface area (Å²) in [6.45, 7) is 0. The largest absolute Gasteiger partial charge is 0.452 e. The van der Waals surface area contributed by atoms with Crippen LogP contribution in [0.3, 0.4) is 0 Å². The topological polar surface area (TPSA) is 103 Å². The first-order chi connectivity index (χ1) is 13.6. The molecule has 0 radical (unpaired) electrons. The molecule has 0 bridgehead atoms. The Hall–Kier alpha value is -3.68. The Balaban J connectivity index is 1.51. The molecular weight excluding hydrogens is 362 g/mol. The summed E-state index contributed by atoms with van der Waals surface area (Å²) in [6.07, 6.45) is 0.881. The summed E-state index contributed by atoms with van der Waals surface area (Å²) in [5.74, 6) is -0.836. The summed E-state index contributed by atoms with van der Waals surface area (Å²) >= 11 is 0. The maximum absolute atomic E-state index is 12.1. The van der Waals surface area contributed by atoms with E-state index < -0.39 is 5.76 Å². The zero-order valence-corrected chi connectivity index (χ0v) is 15.3. The lowest BCUT2D eigenvalue weighted by Gasteiger charge is -2.06. The van der Waals surface area contributed by atoms with Gasteiger partial charge in [-0.1, -0.05) is 35.4 Å². The van der Waals surface area contributed by atoms with Crippen molar-refractivity contribution < 1.29 is 18.7 Å². The second kappa shape index (κ2) is 8.81. The van der Waals surface area contributed by atoms with E-state index in [1.807, 2.05) is 18.2 Å². The first-order valence-corrected chi connectivity index (χ1v) is 8.69. The average molecular weight is 381 g/mol. The molecule has 1 heterocycles. The maximum Gasteiger partial charge on any atom is 0.444 e. The van der Waals surface area contributed by atoms with Gasteiger partial charge in [0.25, 0.3) is 0 Å².